The fourth-order valence-electron chi connectivity index (χ4n) is 4.47. The first-order valence-corrected chi connectivity index (χ1v) is 12.4. The number of hydrogen-bond acceptors (Lipinski definition) is 6. The van der Waals surface area contributed by atoms with Crippen molar-refractivity contribution in [1.82, 2.24) is 39.7 Å². The van der Waals surface area contributed by atoms with Crippen LogP contribution in [0.15, 0.2) is 103 Å². The Hall–Kier alpha value is -4.96. The zero-order chi connectivity index (χ0) is 26.8. The molecule has 9 nitrogen and oxygen atoms in total. The zero-order valence-corrected chi connectivity index (χ0v) is 21.1. The highest BCUT2D eigenvalue weighted by Gasteiger charge is 2.21. The first kappa shape index (κ1) is 24.4. The molecule has 4 aromatic heterocycles. The average Bonchev–Trinajstić information content (AvgIpc) is 3.67. The van der Waals surface area contributed by atoms with E-state index in [2.05, 4.69) is 25.5 Å². The van der Waals surface area contributed by atoms with Gasteiger partial charge in [0.1, 0.15) is 18.0 Å². The van der Waals surface area contributed by atoms with Crippen LogP contribution >= 0.6 is 11.6 Å². The molecule has 0 saturated heterocycles. The third-order valence-corrected chi connectivity index (χ3v) is 6.60. The Morgan fingerprint density at radius 2 is 1.90 bits per heavy atom. The van der Waals surface area contributed by atoms with E-state index in [0.717, 1.165) is 11.1 Å². The number of pyridine rings is 2. The first-order chi connectivity index (χ1) is 19.0. The average molecular weight is 539 g/mol. The molecule has 0 amide bonds. The SMILES string of the molecule is O=c1cc(-c2cc(Cl)ccc2-n2cnnn2)ccn1[C@H](Cc1ccc(F)cc1)c1nc(-c2cccnc2)c[nH]1. The van der Waals surface area contributed by atoms with E-state index in [0.29, 0.717) is 39.8 Å². The van der Waals surface area contributed by atoms with E-state index >= 15 is 0 Å². The third-order valence-electron chi connectivity index (χ3n) is 6.36. The van der Waals surface area contributed by atoms with Crippen LogP contribution < -0.4 is 5.56 Å². The standard InChI is InChI=1S/C28H20ClFN8O/c29-21-5-8-25(38-17-33-35-36-38)23(14-21)19-9-11-37(27(39)13-19)26(12-18-3-6-22(30)7-4-18)28-32-16-24(34-28)20-2-1-10-31-15-20/h1-11,13-17,26H,12H2,(H,32,34)/t26-/m1/s1. The van der Waals surface area contributed by atoms with Crippen molar-refractivity contribution in [3.63, 3.8) is 0 Å². The van der Waals surface area contributed by atoms with Crippen LogP contribution in [-0.2, 0) is 6.42 Å². The number of halogens is 2. The molecule has 0 aliphatic heterocycles. The van der Waals surface area contributed by atoms with Gasteiger partial charge in [-0.1, -0.05) is 23.7 Å². The molecule has 0 aliphatic rings. The topological polar surface area (TPSA) is 107 Å². The number of aromatic nitrogens is 8. The molecule has 6 rings (SSSR count). The molecule has 2 aromatic carbocycles. The van der Waals surface area contributed by atoms with E-state index in [4.69, 9.17) is 16.6 Å². The molecule has 6 aromatic rings. The number of tetrazole rings is 1. The predicted octanol–water partition coefficient (Wildman–Crippen LogP) is 4.90. The molecule has 0 fully saturated rings. The van der Waals surface area contributed by atoms with Gasteiger partial charge in [-0.15, -0.1) is 5.10 Å². The minimum atomic E-state index is -0.485. The molecule has 0 aliphatic carbocycles. The quantitative estimate of drug-likeness (QED) is 0.310. The van der Waals surface area contributed by atoms with Crippen LogP contribution in [0.25, 0.3) is 28.1 Å². The van der Waals surface area contributed by atoms with E-state index in [9.17, 15) is 9.18 Å². The maximum absolute atomic E-state index is 13.6. The minimum absolute atomic E-state index is 0.249. The predicted molar refractivity (Wildman–Crippen MR) is 144 cm³/mol. The van der Waals surface area contributed by atoms with Gasteiger partial charge in [0.05, 0.1) is 17.4 Å². The van der Waals surface area contributed by atoms with Gasteiger partial charge < -0.3 is 9.55 Å². The highest BCUT2D eigenvalue weighted by molar-refractivity contribution is 6.31. The molecule has 4 heterocycles. The van der Waals surface area contributed by atoms with Gasteiger partial charge in [0.2, 0.25) is 0 Å². The van der Waals surface area contributed by atoms with Crippen LogP contribution in [0.1, 0.15) is 17.4 Å². The van der Waals surface area contributed by atoms with E-state index in [-0.39, 0.29) is 11.4 Å². The van der Waals surface area contributed by atoms with Crippen molar-refractivity contribution in [2.24, 2.45) is 0 Å². The van der Waals surface area contributed by atoms with Gasteiger partial charge in [0.25, 0.3) is 5.56 Å². The van der Waals surface area contributed by atoms with E-state index < -0.39 is 6.04 Å². The molecule has 39 heavy (non-hydrogen) atoms. The monoisotopic (exact) mass is 538 g/mol. The van der Waals surface area contributed by atoms with Crippen molar-refractivity contribution in [1.29, 1.82) is 0 Å². The first-order valence-electron chi connectivity index (χ1n) is 12.0. The lowest BCUT2D eigenvalue weighted by atomic mass is 10.0. The number of benzene rings is 2. The number of H-pyrrole nitrogens is 1. The number of aromatic amines is 1. The molecule has 0 bridgehead atoms. The fourth-order valence-corrected chi connectivity index (χ4v) is 4.64. The molecule has 1 N–H and O–H groups in total. The van der Waals surface area contributed by atoms with Gasteiger partial charge in [-0.2, -0.15) is 4.68 Å². The van der Waals surface area contributed by atoms with E-state index in [1.165, 1.54) is 23.1 Å². The van der Waals surface area contributed by atoms with Crippen LogP contribution in [0.3, 0.4) is 0 Å². The van der Waals surface area contributed by atoms with Crippen LogP contribution in [0.4, 0.5) is 4.39 Å². The summed E-state index contributed by atoms with van der Waals surface area (Å²) in [5, 5.41) is 11.9. The summed E-state index contributed by atoms with van der Waals surface area (Å²) in [4.78, 5) is 25.8. The van der Waals surface area contributed by atoms with Gasteiger partial charge in [-0.05, 0) is 70.1 Å². The third kappa shape index (κ3) is 5.10. The molecule has 0 radical (unpaired) electrons. The van der Waals surface area contributed by atoms with Crippen molar-refractivity contribution < 1.29 is 4.39 Å². The molecule has 192 valence electrons. The van der Waals surface area contributed by atoms with Crippen LogP contribution in [0, 0.1) is 5.82 Å². The molecular formula is C28H20ClFN8O. The van der Waals surface area contributed by atoms with Crippen molar-refractivity contribution in [2.75, 3.05) is 0 Å². The lowest BCUT2D eigenvalue weighted by molar-refractivity contribution is 0.536. The summed E-state index contributed by atoms with van der Waals surface area (Å²) >= 11 is 6.30. The molecule has 0 unspecified atom stereocenters. The lowest BCUT2D eigenvalue weighted by Gasteiger charge is -2.19. The summed E-state index contributed by atoms with van der Waals surface area (Å²) in [7, 11) is 0. The molecule has 1 atom stereocenters. The smallest absolute Gasteiger partial charge is 0.251 e. The Kier molecular flexibility index (Phi) is 6.52. The summed E-state index contributed by atoms with van der Waals surface area (Å²) in [5.74, 6) is 0.263. The zero-order valence-electron chi connectivity index (χ0n) is 20.3. The van der Waals surface area contributed by atoms with Gasteiger partial charge in [0, 0.05) is 53.4 Å². The number of imidazole rings is 1. The Labute approximate surface area is 226 Å². The molecular weight excluding hydrogens is 519 g/mol. The Bertz CT molecular complexity index is 1780. The van der Waals surface area contributed by atoms with E-state index in [1.807, 2.05) is 18.2 Å². The second kappa shape index (κ2) is 10.4. The fraction of sp³-hybridized carbons (Fsp3) is 0.0714. The highest BCUT2D eigenvalue weighted by Crippen LogP contribution is 2.30. The summed E-state index contributed by atoms with van der Waals surface area (Å²) in [5.41, 5.74) is 4.19. The van der Waals surface area contributed by atoms with Gasteiger partial charge in [-0.3, -0.25) is 9.78 Å². The number of nitrogens with zero attached hydrogens (tertiary/aromatic N) is 7. The van der Waals surface area contributed by atoms with Gasteiger partial charge in [0.15, 0.2) is 0 Å². The summed E-state index contributed by atoms with van der Waals surface area (Å²) in [6.45, 7) is 0. The Morgan fingerprint density at radius 1 is 1.03 bits per heavy atom. The number of hydrogen-bond donors (Lipinski definition) is 1. The Balaban J connectivity index is 1.42. The van der Waals surface area contributed by atoms with Crippen molar-refractivity contribution in [3.05, 3.63) is 130 Å². The summed E-state index contributed by atoms with van der Waals surface area (Å²) < 4.78 is 16.7. The number of rotatable bonds is 7. The molecule has 11 heteroatoms. The number of nitrogens with one attached hydrogen (secondary N) is 1. The van der Waals surface area contributed by atoms with Gasteiger partial charge >= 0.3 is 0 Å². The molecule has 0 saturated carbocycles. The lowest BCUT2D eigenvalue weighted by Crippen LogP contribution is -2.27. The largest absolute Gasteiger partial charge is 0.346 e. The Morgan fingerprint density at radius 3 is 2.64 bits per heavy atom. The summed E-state index contributed by atoms with van der Waals surface area (Å²) in [6, 6.07) is 18.2. The molecule has 0 spiro atoms. The van der Waals surface area contributed by atoms with Crippen LogP contribution in [0.2, 0.25) is 5.02 Å². The van der Waals surface area contributed by atoms with Crippen molar-refractivity contribution in [3.8, 4) is 28.1 Å². The minimum Gasteiger partial charge on any atom is -0.346 e. The maximum atomic E-state index is 13.6. The van der Waals surface area contributed by atoms with Crippen molar-refractivity contribution in [2.45, 2.75) is 12.5 Å². The second-order valence-electron chi connectivity index (χ2n) is 8.84. The van der Waals surface area contributed by atoms with Crippen LogP contribution in [-0.4, -0.2) is 39.7 Å². The summed E-state index contributed by atoms with van der Waals surface area (Å²) in [6.07, 6.45) is 8.82. The van der Waals surface area contributed by atoms with Crippen LogP contribution in [0.5, 0.6) is 0 Å². The normalized spacial score (nSPS) is 11.9. The highest BCUT2D eigenvalue weighted by atomic mass is 35.5. The van der Waals surface area contributed by atoms with Gasteiger partial charge in [-0.25, -0.2) is 9.37 Å². The van der Waals surface area contributed by atoms with E-state index in [1.54, 1.807) is 65.8 Å². The maximum Gasteiger partial charge on any atom is 0.251 e. The van der Waals surface area contributed by atoms with Crippen molar-refractivity contribution >= 4 is 11.6 Å². The second-order valence-corrected chi connectivity index (χ2v) is 9.27.